The Hall–Kier alpha value is -2.31. The summed E-state index contributed by atoms with van der Waals surface area (Å²) in [5.74, 6) is -0.501. The van der Waals surface area contributed by atoms with E-state index in [2.05, 4.69) is 16.0 Å². The molecule has 0 saturated heterocycles. The molecule has 1 fully saturated rings. The highest BCUT2D eigenvalue weighted by Gasteiger charge is 2.16. The van der Waals surface area contributed by atoms with E-state index >= 15 is 0 Å². The molecule has 7 heteroatoms. The zero-order chi connectivity index (χ0) is 18.9. The number of carbonyl (C=O) groups is 2. The molecule has 3 N–H and O–H groups in total. The molecule has 2 rings (SSSR count). The van der Waals surface area contributed by atoms with Crippen LogP contribution in [-0.2, 0) is 4.79 Å². The van der Waals surface area contributed by atoms with Crippen LogP contribution in [0.5, 0.6) is 5.75 Å². The summed E-state index contributed by atoms with van der Waals surface area (Å²) in [5, 5.41) is 8.45. The maximum absolute atomic E-state index is 13.7. The van der Waals surface area contributed by atoms with Crippen molar-refractivity contribution in [3.05, 3.63) is 29.6 Å². The third-order valence-corrected chi connectivity index (χ3v) is 4.63. The largest absolute Gasteiger partial charge is 0.494 e. The van der Waals surface area contributed by atoms with Crippen LogP contribution >= 0.6 is 0 Å². The second kappa shape index (κ2) is 9.99. The molecule has 1 saturated carbocycles. The number of methoxy groups -OCH3 is 1. The molecule has 1 aliphatic carbocycles. The highest BCUT2D eigenvalue weighted by atomic mass is 19.1. The molecule has 0 heterocycles. The minimum Gasteiger partial charge on any atom is -0.494 e. The lowest BCUT2D eigenvalue weighted by molar-refractivity contribution is -0.121. The summed E-state index contributed by atoms with van der Waals surface area (Å²) in [6, 6.07) is 4.27. The van der Waals surface area contributed by atoms with Crippen molar-refractivity contribution in [2.24, 2.45) is 0 Å². The SMILES string of the molecule is COc1ccc([C@@H](C)NC(=O)CCNC(=O)NC2CCCCC2)cc1F. The van der Waals surface area contributed by atoms with Gasteiger partial charge in [0.1, 0.15) is 0 Å². The van der Waals surface area contributed by atoms with Gasteiger partial charge in [-0.05, 0) is 37.5 Å². The normalized spacial score (nSPS) is 15.8. The number of hydrogen-bond acceptors (Lipinski definition) is 3. The van der Waals surface area contributed by atoms with Crippen molar-refractivity contribution in [3.8, 4) is 5.75 Å². The Morgan fingerprint density at radius 2 is 2.00 bits per heavy atom. The van der Waals surface area contributed by atoms with Gasteiger partial charge in [0, 0.05) is 19.0 Å². The Labute approximate surface area is 153 Å². The second-order valence-corrected chi connectivity index (χ2v) is 6.67. The molecule has 1 aromatic rings. The van der Waals surface area contributed by atoms with Crippen LogP contribution in [0.3, 0.4) is 0 Å². The molecule has 26 heavy (non-hydrogen) atoms. The summed E-state index contributed by atoms with van der Waals surface area (Å²) in [5.41, 5.74) is 0.652. The minimum atomic E-state index is -0.466. The predicted molar refractivity (Wildman–Crippen MR) is 97.5 cm³/mol. The summed E-state index contributed by atoms with van der Waals surface area (Å²) in [7, 11) is 1.40. The summed E-state index contributed by atoms with van der Waals surface area (Å²) >= 11 is 0. The molecule has 1 aromatic carbocycles. The van der Waals surface area contributed by atoms with Gasteiger partial charge in [0.15, 0.2) is 11.6 Å². The van der Waals surface area contributed by atoms with Gasteiger partial charge >= 0.3 is 6.03 Å². The quantitative estimate of drug-likeness (QED) is 0.695. The van der Waals surface area contributed by atoms with Crippen molar-refractivity contribution in [3.63, 3.8) is 0 Å². The first-order valence-corrected chi connectivity index (χ1v) is 9.16. The summed E-state index contributed by atoms with van der Waals surface area (Å²) in [6.07, 6.45) is 5.74. The standard InChI is InChI=1S/C19H28FN3O3/c1-13(14-8-9-17(26-2)16(20)12-14)22-18(24)10-11-21-19(25)23-15-6-4-3-5-7-15/h8-9,12-13,15H,3-7,10-11H2,1-2H3,(H,22,24)(H2,21,23,25)/t13-/m1/s1. The number of benzene rings is 1. The van der Waals surface area contributed by atoms with Crippen molar-refractivity contribution in [1.82, 2.24) is 16.0 Å². The molecule has 0 unspecified atom stereocenters. The Morgan fingerprint density at radius 3 is 2.65 bits per heavy atom. The van der Waals surface area contributed by atoms with Crippen LogP contribution < -0.4 is 20.7 Å². The van der Waals surface area contributed by atoms with Crippen LogP contribution in [0.4, 0.5) is 9.18 Å². The number of ether oxygens (including phenoxy) is 1. The highest BCUT2D eigenvalue weighted by Crippen LogP contribution is 2.21. The lowest BCUT2D eigenvalue weighted by Gasteiger charge is -2.22. The third-order valence-electron chi connectivity index (χ3n) is 4.63. The first-order valence-electron chi connectivity index (χ1n) is 9.16. The van der Waals surface area contributed by atoms with Crippen LogP contribution in [0.15, 0.2) is 18.2 Å². The molecule has 0 aromatic heterocycles. The zero-order valence-corrected chi connectivity index (χ0v) is 15.4. The molecule has 6 nitrogen and oxygen atoms in total. The van der Waals surface area contributed by atoms with Gasteiger partial charge in [-0.1, -0.05) is 25.3 Å². The number of halogens is 1. The average Bonchev–Trinajstić information content (AvgIpc) is 2.62. The summed E-state index contributed by atoms with van der Waals surface area (Å²) < 4.78 is 18.6. The van der Waals surface area contributed by atoms with Gasteiger partial charge in [-0.25, -0.2) is 9.18 Å². The molecule has 0 aliphatic heterocycles. The van der Waals surface area contributed by atoms with E-state index in [-0.39, 0.29) is 42.7 Å². The first-order chi connectivity index (χ1) is 12.5. The van der Waals surface area contributed by atoms with E-state index < -0.39 is 5.82 Å². The minimum absolute atomic E-state index is 0.167. The zero-order valence-electron chi connectivity index (χ0n) is 15.4. The number of hydrogen-bond donors (Lipinski definition) is 3. The molecule has 0 bridgehead atoms. The summed E-state index contributed by atoms with van der Waals surface area (Å²) in [6.45, 7) is 2.04. The molecule has 1 atom stereocenters. The van der Waals surface area contributed by atoms with Gasteiger partial charge < -0.3 is 20.7 Å². The predicted octanol–water partition coefficient (Wildman–Crippen LogP) is 3.03. The van der Waals surface area contributed by atoms with Crippen molar-refractivity contribution in [1.29, 1.82) is 0 Å². The fourth-order valence-corrected chi connectivity index (χ4v) is 3.12. The van der Waals surface area contributed by atoms with Crippen LogP contribution in [0.2, 0.25) is 0 Å². The molecule has 0 spiro atoms. The van der Waals surface area contributed by atoms with E-state index in [1.165, 1.54) is 25.7 Å². The van der Waals surface area contributed by atoms with Crippen molar-refractivity contribution < 1.29 is 18.7 Å². The van der Waals surface area contributed by atoms with Crippen LogP contribution in [-0.4, -0.2) is 31.6 Å². The second-order valence-electron chi connectivity index (χ2n) is 6.67. The van der Waals surface area contributed by atoms with E-state index in [0.29, 0.717) is 5.56 Å². The molecular weight excluding hydrogens is 337 g/mol. The number of urea groups is 1. The monoisotopic (exact) mass is 365 g/mol. The van der Waals surface area contributed by atoms with E-state index in [0.717, 1.165) is 25.7 Å². The van der Waals surface area contributed by atoms with E-state index in [4.69, 9.17) is 4.74 Å². The van der Waals surface area contributed by atoms with Crippen LogP contribution in [0.1, 0.15) is 57.1 Å². The van der Waals surface area contributed by atoms with Gasteiger partial charge in [-0.3, -0.25) is 4.79 Å². The molecule has 3 amide bonds. The van der Waals surface area contributed by atoms with E-state index in [1.54, 1.807) is 13.0 Å². The maximum Gasteiger partial charge on any atom is 0.315 e. The van der Waals surface area contributed by atoms with E-state index in [1.807, 2.05) is 0 Å². The molecular formula is C19H28FN3O3. The van der Waals surface area contributed by atoms with Gasteiger partial charge in [0.25, 0.3) is 0 Å². The first kappa shape index (κ1) is 20.0. The fraction of sp³-hybridized carbons (Fsp3) is 0.579. The highest BCUT2D eigenvalue weighted by molar-refractivity contribution is 5.78. The van der Waals surface area contributed by atoms with E-state index in [9.17, 15) is 14.0 Å². The Balaban J connectivity index is 1.69. The summed E-state index contributed by atoms with van der Waals surface area (Å²) in [4.78, 5) is 23.8. The average molecular weight is 365 g/mol. The van der Waals surface area contributed by atoms with Crippen molar-refractivity contribution in [2.45, 2.75) is 57.5 Å². The molecule has 0 radical (unpaired) electrons. The van der Waals surface area contributed by atoms with Gasteiger partial charge in [-0.15, -0.1) is 0 Å². The van der Waals surface area contributed by atoms with Gasteiger partial charge in [-0.2, -0.15) is 0 Å². The topological polar surface area (TPSA) is 79.5 Å². The lowest BCUT2D eigenvalue weighted by Crippen LogP contribution is -2.43. The molecule has 144 valence electrons. The lowest BCUT2D eigenvalue weighted by atomic mass is 9.96. The number of rotatable bonds is 7. The Bertz CT molecular complexity index is 618. The smallest absolute Gasteiger partial charge is 0.315 e. The van der Waals surface area contributed by atoms with Gasteiger partial charge in [0.05, 0.1) is 13.2 Å². The Morgan fingerprint density at radius 1 is 1.27 bits per heavy atom. The van der Waals surface area contributed by atoms with Gasteiger partial charge in [0.2, 0.25) is 5.91 Å². The third kappa shape index (κ3) is 6.20. The maximum atomic E-state index is 13.7. The number of carbonyl (C=O) groups excluding carboxylic acids is 2. The number of nitrogens with one attached hydrogen (secondary N) is 3. The van der Waals surface area contributed by atoms with Crippen molar-refractivity contribution >= 4 is 11.9 Å². The number of amides is 3. The fourth-order valence-electron chi connectivity index (χ4n) is 3.12. The Kier molecular flexibility index (Phi) is 7.69. The van der Waals surface area contributed by atoms with Crippen molar-refractivity contribution in [2.75, 3.05) is 13.7 Å². The van der Waals surface area contributed by atoms with Crippen LogP contribution in [0, 0.1) is 5.82 Å². The molecule has 1 aliphatic rings. The van der Waals surface area contributed by atoms with Crippen LogP contribution in [0.25, 0.3) is 0 Å².